The molecule has 2 aliphatic rings. The average Bonchev–Trinajstić information content (AvgIpc) is 3.27. The minimum atomic E-state index is -0.284. The van der Waals surface area contributed by atoms with Gasteiger partial charge in [0.25, 0.3) is 0 Å². The van der Waals surface area contributed by atoms with E-state index < -0.39 is 0 Å². The number of hydrogen-bond acceptors (Lipinski definition) is 3. The molecule has 0 radical (unpaired) electrons. The number of carbonyl (C=O) groups is 2. The summed E-state index contributed by atoms with van der Waals surface area (Å²) >= 11 is 0. The summed E-state index contributed by atoms with van der Waals surface area (Å²) in [6.45, 7) is 6.68. The van der Waals surface area contributed by atoms with Gasteiger partial charge < -0.3 is 4.74 Å². The third-order valence-electron chi connectivity index (χ3n) is 10.9. The minimum Gasteiger partial charge on any atom is -0.465 e. The SMILES string of the molecule is COC(=O)c1ccc(CC(c2ccccc2)C2CCCC(C3(C)CCC(C(=O)c4c(C)cccc4C)CC3)CC2)cc1. The second kappa shape index (κ2) is 13.4. The Hall–Kier alpha value is -3.20. The van der Waals surface area contributed by atoms with Crippen LogP contribution in [-0.2, 0) is 11.2 Å². The highest BCUT2D eigenvalue weighted by Crippen LogP contribution is 2.51. The first-order valence-electron chi connectivity index (χ1n) is 16.1. The first-order chi connectivity index (χ1) is 20.3. The van der Waals surface area contributed by atoms with Gasteiger partial charge in [-0.25, -0.2) is 4.79 Å². The zero-order chi connectivity index (χ0) is 29.7. The molecule has 0 bridgehead atoms. The summed E-state index contributed by atoms with van der Waals surface area (Å²) in [6.07, 6.45) is 11.7. The van der Waals surface area contributed by atoms with Gasteiger partial charge in [-0.1, -0.05) is 74.0 Å². The van der Waals surface area contributed by atoms with E-state index in [9.17, 15) is 9.59 Å². The van der Waals surface area contributed by atoms with Gasteiger partial charge in [0.15, 0.2) is 5.78 Å². The summed E-state index contributed by atoms with van der Waals surface area (Å²) in [5.41, 5.74) is 6.85. The number of ether oxygens (including phenoxy) is 1. The summed E-state index contributed by atoms with van der Waals surface area (Å²) in [5.74, 6) is 2.10. The van der Waals surface area contributed by atoms with Crippen molar-refractivity contribution in [3.63, 3.8) is 0 Å². The highest BCUT2D eigenvalue weighted by atomic mass is 16.5. The van der Waals surface area contributed by atoms with Crippen molar-refractivity contribution in [2.75, 3.05) is 7.11 Å². The fourth-order valence-electron chi connectivity index (χ4n) is 8.19. The fourth-order valence-corrected chi connectivity index (χ4v) is 8.19. The van der Waals surface area contributed by atoms with Crippen LogP contribution in [0.3, 0.4) is 0 Å². The van der Waals surface area contributed by atoms with Crippen LogP contribution < -0.4 is 0 Å². The summed E-state index contributed by atoms with van der Waals surface area (Å²) in [7, 11) is 1.43. The molecule has 2 saturated carbocycles. The number of benzene rings is 3. The molecule has 0 spiro atoms. The largest absolute Gasteiger partial charge is 0.465 e. The molecule has 2 aliphatic carbocycles. The standard InChI is InChI=1S/C39H48O3/c1-27-10-8-11-28(2)36(27)37(40)32-22-24-39(3,25-23-32)34-15-9-14-31(20-21-34)35(30-12-6-5-7-13-30)26-29-16-18-33(19-17-29)38(41)42-4/h5-8,10-13,16-19,31-32,34-35H,9,14-15,20-26H2,1-4H3. The van der Waals surface area contributed by atoms with Gasteiger partial charge in [-0.3, -0.25) is 4.79 Å². The molecule has 0 aliphatic heterocycles. The molecule has 3 atom stereocenters. The van der Waals surface area contributed by atoms with E-state index in [0.717, 1.165) is 41.9 Å². The molecule has 2 fully saturated rings. The average molecular weight is 565 g/mol. The van der Waals surface area contributed by atoms with E-state index in [1.807, 2.05) is 12.1 Å². The Kier molecular flexibility index (Phi) is 9.66. The van der Waals surface area contributed by atoms with Crippen LogP contribution in [0.15, 0.2) is 72.8 Å². The molecule has 0 N–H and O–H groups in total. The lowest BCUT2D eigenvalue weighted by molar-refractivity contribution is 0.0599. The maximum atomic E-state index is 13.5. The van der Waals surface area contributed by atoms with Gasteiger partial charge >= 0.3 is 5.97 Å². The van der Waals surface area contributed by atoms with Crippen molar-refractivity contribution in [2.45, 2.75) is 90.9 Å². The molecular weight excluding hydrogens is 516 g/mol. The fraction of sp³-hybridized carbons (Fsp3) is 0.487. The van der Waals surface area contributed by atoms with Gasteiger partial charge in [-0.05, 0) is 129 Å². The molecule has 0 saturated heterocycles. The van der Waals surface area contributed by atoms with E-state index >= 15 is 0 Å². The van der Waals surface area contributed by atoms with Crippen LogP contribution in [-0.4, -0.2) is 18.9 Å². The first-order valence-corrected chi connectivity index (χ1v) is 16.1. The summed E-state index contributed by atoms with van der Waals surface area (Å²) < 4.78 is 4.90. The molecule has 3 heteroatoms. The zero-order valence-corrected chi connectivity index (χ0v) is 26.0. The Labute approximate surface area is 253 Å². The van der Waals surface area contributed by atoms with Crippen LogP contribution in [0, 0.1) is 37.0 Å². The molecule has 0 aromatic heterocycles. The third-order valence-corrected chi connectivity index (χ3v) is 10.9. The Balaban J connectivity index is 1.25. The van der Waals surface area contributed by atoms with Crippen LogP contribution >= 0.6 is 0 Å². The van der Waals surface area contributed by atoms with Gasteiger partial charge in [-0.15, -0.1) is 0 Å². The normalized spacial score (nSPS) is 25.3. The Bertz CT molecular complexity index is 1330. The van der Waals surface area contributed by atoms with Crippen molar-refractivity contribution < 1.29 is 14.3 Å². The number of esters is 1. The van der Waals surface area contributed by atoms with Crippen molar-refractivity contribution in [3.05, 3.63) is 106 Å². The molecule has 222 valence electrons. The number of methoxy groups -OCH3 is 1. The molecule has 5 rings (SSSR count). The van der Waals surface area contributed by atoms with Crippen LogP contribution in [0.25, 0.3) is 0 Å². The van der Waals surface area contributed by atoms with Crippen molar-refractivity contribution >= 4 is 11.8 Å². The molecule has 3 unspecified atom stereocenters. The van der Waals surface area contributed by atoms with Gasteiger partial charge in [-0.2, -0.15) is 0 Å². The molecule has 0 heterocycles. The lowest BCUT2D eigenvalue weighted by Crippen LogP contribution is -2.34. The van der Waals surface area contributed by atoms with E-state index in [-0.39, 0.29) is 11.9 Å². The number of ketones is 1. The topological polar surface area (TPSA) is 43.4 Å². The summed E-state index contributed by atoms with van der Waals surface area (Å²) in [4.78, 5) is 25.5. The molecule has 0 amide bonds. The van der Waals surface area contributed by atoms with Crippen LogP contribution in [0.4, 0.5) is 0 Å². The van der Waals surface area contributed by atoms with E-state index in [1.54, 1.807) is 0 Å². The van der Waals surface area contributed by atoms with Gasteiger partial charge in [0.2, 0.25) is 0 Å². The Morgan fingerprint density at radius 2 is 1.48 bits per heavy atom. The summed E-state index contributed by atoms with van der Waals surface area (Å²) in [5, 5.41) is 0. The van der Waals surface area contributed by atoms with Crippen molar-refractivity contribution in [2.24, 2.45) is 23.2 Å². The molecule has 3 nitrogen and oxygen atoms in total. The predicted molar refractivity (Wildman–Crippen MR) is 171 cm³/mol. The lowest BCUT2D eigenvalue weighted by Gasteiger charge is -2.43. The predicted octanol–water partition coefficient (Wildman–Crippen LogP) is 9.69. The summed E-state index contributed by atoms with van der Waals surface area (Å²) in [6, 6.07) is 25.2. The van der Waals surface area contributed by atoms with Crippen molar-refractivity contribution in [1.29, 1.82) is 0 Å². The lowest BCUT2D eigenvalue weighted by atomic mass is 9.62. The van der Waals surface area contributed by atoms with E-state index in [0.29, 0.717) is 28.6 Å². The van der Waals surface area contributed by atoms with Crippen molar-refractivity contribution in [1.82, 2.24) is 0 Å². The second-order valence-electron chi connectivity index (χ2n) is 13.4. The van der Waals surface area contributed by atoms with E-state index in [2.05, 4.69) is 81.4 Å². The van der Waals surface area contributed by atoms with E-state index in [1.165, 1.54) is 63.2 Å². The molecule has 42 heavy (non-hydrogen) atoms. The van der Waals surface area contributed by atoms with Gasteiger partial charge in [0, 0.05) is 11.5 Å². The number of aryl methyl sites for hydroxylation is 2. The van der Waals surface area contributed by atoms with Crippen LogP contribution in [0.2, 0.25) is 0 Å². The van der Waals surface area contributed by atoms with Crippen LogP contribution in [0.1, 0.15) is 114 Å². The van der Waals surface area contributed by atoms with Crippen LogP contribution in [0.5, 0.6) is 0 Å². The number of rotatable bonds is 8. The van der Waals surface area contributed by atoms with Gasteiger partial charge in [0.05, 0.1) is 12.7 Å². The number of hydrogen-bond donors (Lipinski definition) is 0. The third kappa shape index (κ3) is 6.72. The number of Topliss-reactive ketones (excluding diaryl/α,β-unsaturated/α-hetero) is 1. The quantitative estimate of drug-likeness (QED) is 0.155. The highest BCUT2D eigenvalue weighted by Gasteiger charge is 2.41. The van der Waals surface area contributed by atoms with Crippen molar-refractivity contribution in [3.8, 4) is 0 Å². The monoisotopic (exact) mass is 564 g/mol. The second-order valence-corrected chi connectivity index (χ2v) is 13.4. The number of carbonyl (C=O) groups excluding carboxylic acids is 2. The smallest absolute Gasteiger partial charge is 0.337 e. The maximum Gasteiger partial charge on any atom is 0.337 e. The van der Waals surface area contributed by atoms with Gasteiger partial charge in [0.1, 0.15) is 0 Å². The molecule has 3 aromatic carbocycles. The minimum absolute atomic E-state index is 0.171. The Morgan fingerprint density at radius 1 is 0.810 bits per heavy atom. The highest BCUT2D eigenvalue weighted by molar-refractivity contribution is 6.00. The Morgan fingerprint density at radius 3 is 2.12 bits per heavy atom. The van der Waals surface area contributed by atoms with E-state index in [4.69, 9.17) is 4.74 Å². The maximum absolute atomic E-state index is 13.5. The zero-order valence-electron chi connectivity index (χ0n) is 26.0. The first kappa shape index (κ1) is 30.3. The molecule has 3 aromatic rings. The molecular formula is C39H48O3.